The highest BCUT2D eigenvalue weighted by Crippen LogP contribution is 2.25. The lowest BCUT2D eigenvalue weighted by Gasteiger charge is -2.24. The quantitative estimate of drug-likeness (QED) is 0.845. The van der Waals surface area contributed by atoms with E-state index >= 15 is 0 Å². The average molecular weight is 362 g/mol. The molecule has 1 aromatic heterocycles. The minimum Gasteiger partial charge on any atom is -0.481 e. The Morgan fingerprint density at radius 2 is 2.35 bits per heavy atom. The van der Waals surface area contributed by atoms with Crippen LogP contribution in [0.25, 0.3) is 0 Å². The lowest BCUT2D eigenvalue weighted by molar-refractivity contribution is -0.137. The van der Waals surface area contributed by atoms with Gasteiger partial charge in [-0.2, -0.15) is 0 Å². The maximum absolute atomic E-state index is 12.5. The van der Waals surface area contributed by atoms with E-state index in [9.17, 15) is 9.59 Å². The molecule has 1 atom stereocenters. The number of thiophene rings is 1. The van der Waals surface area contributed by atoms with Crippen LogP contribution in [0.2, 0.25) is 0 Å². The van der Waals surface area contributed by atoms with Crippen molar-refractivity contribution >= 4 is 39.1 Å². The second kappa shape index (κ2) is 7.19. The van der Waals surface area contributed by atoms with Crippen LogP contribution in [0.4, 0.5) is 0 Å². The number of carbonyl (C=O) groups excluding carboxylic acids is 1. The van der Waals surface area contributed by atoms with Crippen LogP contribution in [0.3, 0.4) is 0 Å². The highest BCUT2D eigenvalue weighted by Gasteiger charge is 2.25. The Labute approximate surface area is 129 Å². The van der Waals surface area contributed by atoms with Crippen LogP contribution in [0.1, 0.15) is 28.9 Å². The standard InChI is InChI=1S/C13H16BrNO4S/c14-10-4-7-20-12(10)13(18)15(5-3-11(16)17)8-9-2-1-6-19-9/h4,7,9H,1-3,5-6,8H2,(H,16,17). The van der Waals surface area contributed by atoms with Gasteiger partial charge in [-0.25, -0.2) is 0 Å². The molecule has 1 fully saturated rings. The van der Waals surface area contributed by atoms with Crippen LogP contribution in [0.15, 0.2) is 15.9 Å². The monoisotopic (exact) mass is 361 g/mol. The van der Waals surface area contributed by atoms with Crippen molar-refractivity contribution in [3.63, 3.8) is 0 Å². The molecule has 0 radical (unpaired) electrons. The second-order valence-electron chi connectivity index (χ2n) is 4.63. The predicted octanol–water partition coefficient (Wildman–Crippen LogP) is 2.61. The number of carboxylic acid groups (broad SMARTS) is 1. The number of rotatable bonds is 6. The van der Waals surface area contributed by atoms with E-state index in [1.165, 1.54) is 11.3 Å². The van der Waals surface area contributed by atoms with E-state index in [2.05, 4.69) is 15.9 Å². The smallest absolute Gasteiger partial charge is 0.305 e. The number of nitrogens with zero attached hydrogens (tertiary/aromatic N) is 1. The number of carbonyl (C=O) groups is 2. The average Bonchev–Trinajstić information content (AvgIpc) is 3.04. The van der Waals surface area contributed by atoms with Gasteiger partial charge in [-0.3, -0.25) is 9.59 Å². The number of hydrogen-bond donors (Lipinski definition) is 1. The molecule has 1 saturated heterocycles. The van der Waals surface area contributed by atoms with Crippen LogP contribution in [0, 0.1) is 0 Å². The highest BCUT2D eigenvalue weighted by atomic mass is 79.9. The first-order valence-electron chi connectivity index (χ1n) is 6.43. The Balaban J connectivity index is 2.05. The molecule has 1 aliphatic rings. The van der Waals surface area contributed by atoms with Crippen molar-refractivity contribution in [2.75, 3.05) is 19.7 Å². The fourth-order valence-corrected chi connectivity index (χ4v) is 3.64. The van der Waals surface area contributed by atoms with Gasteiger partial charge in [0.2, 0.25) is 0 Å². The van der Waals surface area contributed by atoms with Crippen molar-refractivity contribution in [2.45, 2.75) is 25.4 Å². The third-order valence-electron chi connectivity index (χ3n) is 3.14. The molecule has 1 unspecified atom stereocenters. The summed E-state index contributed by atoms with van der Waals surface area (Å²) >= 11 is 4.70. The summed E-state index contributed by atoms with van der Waals surface area (Å²) in [6.45, 7) is 1.38. The molecule has 110 valence electrons. The first kappa shape index (κ1) is 15.5. The van der Waals surface area contributed by atoms with Gasteiger partial charge in [0, 0.05) is 24.2 Å². The Morgan fingerprint density at radius 1 is 1.55 bits per heavy atom. The van der Waals surface area contributed by atoms with E-state index in [-0.39, 0.29) is 25.0 Å². The molecule has 5 nitrogen and oxygen atoms in total. The van der Waals surface area contributed by atoms with Crippen molar-refractivity contribution in [1.29, 1.82) is 0 Å². The lowest BCUT2D eigenvalue weighted by atomic mass is 10.2. The van der Waals surface area contributed by atoms with Crippen LogP contribution in [-0.4, -0.2) is 47.7 Å². The van der Waals surface area contributed by atoms with Gasteiger partial charge in [0.15, 0.2) is 0 Å². The number of halogens is 1. The van der Waals surface area contributed by atoms with E-state index < -0.39 is 5.97 Å². The summed E-state index contributed by atoms with van der Waals surface area (Å²) < 4.78 is 6.29. The molecule has 1 N–H and O–H groups in total. The lowest BCUT2D eigenvalue weighted by Crippen LogP contribution is -2.38. The van der Waals surface area contributed by atoms with Gasteiger partial charge >= 0.3 is 5.97 Å². The molecular weight excluding hydrogens is 346 g/mol. The number of carboxylic acids is 1. The minimum absolute atomic E-state index is 0.0199. The maximum Gasteiger partial charge on any atom is 0.305 e. The van der Waals surface area contributed by atoms with Crippen molar-refractivity contribution in [3.05, 3.63) is 20.8 Å². The molecule has 0 aliphatic carbocycles. The van der Waals surface area contributed by atoms with E-state index in [0.717, 1.165) is 17.3 Å². The Kier molecular flexibility index (Phi) is 5.56. The molecule has 20 heavy (non-hydrogen) atoms. The summed E-state index contributed by atoms with van der Waals surface area (Å²) in [4.78, 5) is 25.4. The topological polar surface area (TPSA) is 66.8 Å². The summed E-state index contributed by atoms with van der Waals surface area (Å²) in [5.41, 5.74) is 0. The zero-order valence-electron chi connectivity index (χ0n) is 10.9. The first-order valence-corrected chi connectivity index (χ1v) is 8.11. The predicted molar refractivity (Wildman–Crippen MR) is 79.1 cm³/mol. The van der Waals surface area contributed by atoms with Crippen molar-refractivity contribution in [1.82, 2.24) is 4.90 Å². The van der Waals surface area contributed by atoms with Gasteiger partial charge < -0.3 is 14.7 Å². The molecular formula is C13H16BrNO4S. The summed E-state index contributed by atoms with van der Waals surface area (Å²) in [6.07, 6.45) is 1.88. The fraction of sp³-hybridized carbons (Fsp3) is 0.538. The third kappa shape index (κ3) is 4.04. The normalized spacial score (nSPS) is 18.1. The summed E-state index contributed by atoms with van der Waals surface area (Å²) in [6, 6.07) is 1.82. The van der Waals surface area contributed by atoms with Crippen LogP contribution >= 0.6 is 27.3 Å². The summed E-state index contributed by atoms with van der Waals surface area (Å²) in [5.74, 6) is -1.04. The van der Waals surface area contributed by atoms with E-state index in [1.54, 1.807) is 4.90 Å². The Bertz CT molecular complexity index is 484. The zero-order valence-corrected chi connectivity index (χ0v) is 13.3. The summed E-state index contributed by atoms with van der Waals surface area (Å²) in [5, 5.41) is 10.6. The van der Waals surface area contributed by atoms with Crippen molar-refractivity contribution < 1.29 is 19.4 Å². The molecule has 2 heterocycles. The van der Waals surface area contributed by atoms with E-state index in [1.807, 2.05) is 11.4 Å². The molecule has 7 heteroatoms. The van der Waals surface area contributed by atoms with E-state index in [4.69, 9.17) is 9.84 Å². The van der Waals surface area contributed by atoms with Crippen molar-refractivity contribution in [3.8, 4) is 0 Å². The largest absolute Gasteiger partial charge is 0.481 e. The molecule has 1 aromatic rings. The van der Waals surface area contributed by atoms with Gasteiger partial charge in [-0.1, -0.05) is 0 Å². The molecule has 0 saturated carbocycles. The SMILES string of the molecule is O=C(O)CCN(CC1CCCO1)C(=O)c1sccc1Br. The summed E-state index contributed by atoms with van der Waals surface area (Å²) in [7, 11) is 0. The molecule has 0 aromatic carbocycles. The highest BCUT2D eigenvalue weighted by molar-refractivity contribution is 9.10. The Hall–Kier alpha value is -0.920. The maximum atomic E-state index is 12.5. The number of aliphatic carboxylic acids is 1. The molecule has 1 amide bonds. The van der Waals surface area contributed by atoms with Crippen molar-refractivity contribution in [2.24, 2.45) is 0 Å². The number of hydrogen-bond acceptors (Lipinski definition) is 4. The van der Waals surface area contributed by atoms with Gasteiger partial charge in [-0.05, 0) is 40.2 Å². The van der Waals surface area contributed by atoms with Gasteiger partial charge in [0.05, 0.1) is 12.5 Å². The molecule has 0 bridgehead atoms. The van der Waals surface area contributed by atoms with Crippen LogP contribution < -0.4 is 0 Å². The third-order valence-corrected chi connectivity index (χ3v) is 4.97. The first-order chi connectivity index (χ1) is 9.58. The second-order valence-corrected chi connectivity index (χ2v) is 6.40. The molecule has 0 spiro atoms. The number of ether oxygens (including phenoxy) is 1. The number of amides is 1. The minimum atomic E-state index is -0.902. The van der Waals surface area contributed by atoms with Gasteiger partial charge in [0.25, 0.3) is 5.91 Å². The molecule has 1 aliphatic heterocycles. The van der Waals surface area contributed by atoms with Crippen LogP contribution in [0.5, 0.6) is 0 Å². The zero-order chi connectivity index (χ0) is 14.5. The van der Waals surface area contributed by atoms with Gasteiger partial charge in [-0.15, -0.1) is 11.3 Å². The van der Waals surface area contributed by atoms with E-state index in [0.29, 0.717) is 18.0 Å². The van der Waals surface area contributed by atoms with Crippen LogP contribution in [-0.2, 0) is 9.53 Å². The Morgan fingerprint density at radius 3 is 2.90 bits per heavy atom. The fourth-order valence-electron chi connectivity index (χ4n) is 2.13. The van der Waals surface area contributed by atoms with Gasteiger partial charge in [0.1, 0.15) is 4.88 Å². The molecule has 2 rings (SSSR count).